The average Bonchev–Trinajstić information content (AvgIpc) is 3.07. The highest BCUT2D eigenvalue weighted by atomic mass is 16.2. The zero-order chi connectivity index (χ0) is 18.9. The molecule has 0 radical (unpaired) electrons. The highest BCUT2D eigenvalue weighted by Crippen LogP contribution is 2.37. The van der Waals surface area contributed by atoms with Gasteiger partial charge in [-0.3, -0.25) is 9.48 Å². The van der Waals surface area contributed by atoms with E-state index in [9.17, 15) is 4.79 Å². The number of nitrogens with one attached hydrogen (secondary N) is 1. The van der Waals surface area contributed by atoms with Gasteiger partial charge in [0.1, 0.15) is 0 Å². The number of aryl methyl sites for hydroxylation is 1. The number of aromatic nitrogens is 2. The van der Waals surface area contributed by atoms with Crippen molar-refractivity contribution in [3.8, 4) is 0 Å². The smallest absolute Gasteiger partial charge is 0.254 e. The largest absolute Gasteiger partial charge is 0.353 e. The van der Waals surface area contributed by atoms with Gasteiger partial charge < -0.3 is 15.1 Å². The predicted octanol–water partition coefficient (Wildman–Crippen LogP) is 3.25. The Labute approximate surface area is 161 Å². The number of nitrogens with zero attached hydrogens (tertiary/aromatic N) is 4. The van der Waals surface area contributed by atoms with E-state index in [1.54, 1.807) is 10.9 Å². The number of carbonyl (C=O) groups excluding carboxylic acids is 1. The summed E-state index contributed by atoms with van der Waals surface area (Å²) in [6.07, 6.45) is 9.68. The molecule has 0 bridgehead atoms. The lowest BCUT2D eigenvalue weighted by molar-refractivity contribution is -0.00777. The minimum Gasteiger partial charge on any atom is -0.353 e. The molecule has 6 nitrogen and oxygen atoms in total. The summed E-state index contributed by atoms with van der Waals surface area (Å²) in [5.74, 6) is 0.167. The number of piperazine rings is 1. The summed E-state index contributed by atoms with van der Waals surface area (Å²) < 4.78 is 1.76. The van der Waals surface area contributed by atoms with Crippen molar-refractivity contribution < 1.29 is 4.79 Å². The van der Waals surface area contributed by atoms with E-state index in [1.807, 2.05) is 37.5 Å². The number of rotatable bonds is 3. The second-order valence-electron chi connectivity index (χ2n) is 8.09. The molecule has 1 aliphatic heterocycles. The van der Waals surface area contributed by atoms with Crippen molar-refractivity contribution in [1.29, 1.82) is 0 Å². The van der Waals surface area contributed by atoms with Gasteiger partial charge in [-0.2, -0.15) is 5.10 Å². The van der Waals surface area contributed by atoms with Crippen molar-refractivity contribution in [3.63, 3.8) is 0 Å². The predicted molar refractivity (Wildman–Crippen MR) is 107 cm³/mol. The van der Waals surface area contributed by atoms with Gasteiger partial charge in [0.05, 0.1) is 17.4 Å². The van der Waals surface area contributed by atoms with Crippen LogP contribution in [-0.2, 0) is 7.05 Å². The first kappa shape index (κ1) is 18.0. The fourth-order valence-electron chi connectivity index (χ4n) is 4.67. The van der Waals surface area contributed by atoms with E-state index in [0.717, 1.165) is 49.4 Å². The number of hydrogen-bond donors (Lipinski definition) is 1. The quantitative estimate of drug-likeness (QED) is 0.905. The first-order valence-corrected chi connectivity index (χ1v) is 9.92. The molecule has 2 aliphatic rings. The Morgan fingerprint density at radius 3 is 2.67 bits per heavy atom. The van der Waals surface area contributed by atoms with E-state index in [2.05, 4.69) is 27.3 Å². The molecule has 2 aromatic rings. The number of amides is 1. The first-order valence-electron chi connectivity index (χ1n) is 9.92. The number of hydrogen-bond acceptors (Lipinski definition) is 4. The van der Waals surface area contributed by atoms with E-state index in [1.165, 1.54) is 19.3 Å². The maximum Gasteiger partial charge on any atom is 0.254 e. The molecule has 1 aromatic carbocycles. The maximum atomic E-state index is 13.5. The Morgan fingerprint density at radius 1 is 1.11 bits per heavy atom. The molecule has 1 amide bonds. The molecular formula is C21H29N5O. The molecule has 0 atom stereocenters. The molecule has 1 spiro atoms. The van der Waals surface area contributed by atoms with Crippen LogP contribution in [0.25, 0.3) is 0 Å². The molecule has 1 saturated carbocycles. The molecule has 1 aliphatic carbocycles. The highest BCUT2D eigenvalue weighted by molar-refractivity contribution is 5.96. The SMILES string of the molecule is CN1CCN(C(=O)c2cccc(Nc3cnn(C)c3)c2)C2(CCCCC2)C1. The summed E-state index contributed by atoms with van der Waals surface area (Å²) in [5.41, 5.74) is 2.61. The summed E-state index contributed by atoms with van der Waals surface area (Å²) in [6.45, 7) is 2.75. The fraction of sp³-hybridized carbons (Fsp3) is 0.524. The van der Waals surface area contributed by atoms with Gasteiger partial charge in [0.15, 0.2) is 0 Å². The summed E-state index contributed by atoms with van der Waals surface area (Å²) in [5, 5.41) is 7.52. The number of likely N-dealkylation sites (N-methyl/N-ethyl adjacent to an activating group) is 1. The zero-order valence-electron chi connectivity index (χ0n) is 16.3. The Hall–Kier alpha value is -2.34. The van der Waals surface area contributed by atoms with Crippen LogP contribution in [0.1, 0.15) is 42.5 Å². The second kappa shape index (κ2) is 7.35. The monoisotopic (exact) mass is 367 g/mol. The van der Waals surface area contributed by atoms with E-state index in [4.69, 9.17) is 0 Å². The second-order valence-corrected chi connectivity index (χ2v) is 8.09. The van der Waals surface area contributed by atoms with Crippen molar-refractivity contribution >= 4 is 17.3 Å². The van der Waals surface area contributed by atoms with Crippen LogP contribution < -0.4 is 5.32 Å². The molecule has 27 heavy (non-hydrogen) atoms. The third-order valence-corrected chi connectivity index (χ3v) is 5.97. The summed E-state index contributed by atoms with van der Waals surface area (Å²) >= 11 is 0. The van der Waals surface area contributed by atoms with Crippen molar-refractivity contribution in [2.75, 3.05) is 32.0 Å². The van der Waals surface area contributed by atoms with Crippen molar-refractivity contribution in [1.82, 2.24) is 19.6 Å². The van der Waals surface area contributed by atoms with Gasteiger partial charge in [-0.25, -0.2) is 0 Å². The number of anilines is 2. The molecule has 1 aromatic heterocycles. The van der Waals surface area contributed by atoms with Crippen LogP contribution in [0.4, 0.5) is 11.4 Å². The lowest BCUT2D eigenvalue weighted by atomic mass is 9.78. The molecule has 2 fully saturated rings. The Bertz CT molecular complexity index is 808. The summed E-state index contributed by atoms with van der Waals surface area (Å²) in [7, 11) is 4.07. The summed E-state index contributed by atoms with van der Waals surface area (Å²) in [6, 6.07) is 7.84. The third kappa shape index (κ3) is 3.72. The van der Waals surface area contributed by atoms with Crippen molar-refractivity contribution in [2.45, 2.75) is 37.6 Å². The van der Waals surface area contributed by atoms with Gasteiger partial charge in [0.2, 0.25) is 0 Å². The van der Waals surface area contributed by atoms with Crippen LogP contribution in [-0.4, -0.2) is 57.7 Å². The lowest BCUT2D eigenvalue weighted by Crippen LogP contribution is -2.63. The first-order chi connectivity index (χ1) is 13.1. The van der Waals surface area contributed by atoms with E-state index < -0.39 is 0 Å². The lowest BCUT2D eigenvalue weighted by Gasteiger charge is -2.52. The van der Waals surface area contributed by atoms with E-state index >= 15 is 0 Å². The van der Waals surface area contributed by atoms with Gasteiger partial charge in [0, 0.05) is 44.1 Å². The highest BCUT2D eigenvalue weighted by Gasteiger charge is 2.43. The maximum absolute atomic E-state index is 13.5. The Morgan fingerprint density at radius 2 is 1.93 bits per heavy atom. The third-order valence-electron chi connectivity index (χ3n) is 5.97. The van der Waals surface area contributed by atoms with Gasteiger partial charge in [0.25, 0.3) is 5.91 Å². The zero-order valence-corrected chi connectivity index (χ0v) is 16.3. The van der Waals surface area contributed by atoms with Crippen LogP contribution >= 0.6 is 0 Å². The minimum absolute atomic E-state index is 0.00904. The van der Waals surface area contributed by atoms with Crippen LogP contribution in [0.15, 0.2) is 36.7 Å². The van der Waals surface area contributed by atoms with E-state index in [0.29, 0.717) is 0 Å². The van der Waals surface area contributed by atoms with Crippen LogP contribution in [0, 0.1) is 0 Å². The Kier molecular flexibility index (Phi) is 4.91. The van der Waals surface area contributed by atoms with E-state index in [-0.39, 0.29) is 11.4 Å². The number of benzene rings is 1. The van der Waals surface area contributed by atoms with Gasteiger partial charge >= 0.3 is 0 Å². The van der Waals surface area contributed by atoms with Gasteiger partial charge in [-0.1, -0.05) is 25.3 Å². The molecule has 1 N–H and O–H groups in total. The molecule has 0 unspecified atom stereocenters. The topological polar surface area (TPSA) is 53.4 Å². The summed E-state index contributed by atoms with van der Waals surface area (Å²) in [4.78, 5) is 18.0. The van der Waals surface area contributed by atoms with Gasteiger partial charge in [-0.15, -0.1) is 0 Å². The van der Waals surface area contributed by atoms with Crippen LogP contribution in [0.3, 0.4) is 0 Å². The Balaban J connectivity index is 1.56. The standard InChI is InChI=1S/C21H29N5O/c1-24-11-12-26(21(16-24)9-4-3-5-10-21)20(27)17-7-6-8-18(13-17)23-19-14-22-25(2)15-19/h6-8,13-15,23H,3-5,9-12,16H2,1-2H3. The average molecular weight is 367 g/mol. The molecule has 1 saturated heterocycles. The van der Waals surface area contributed by atoms with Crippen molar-refractivity contribution in [3.05, 3.63) is 42.2 Å². The molecule has 4 rings (SSSR count). The molecule has 6 heteroatoms. The molecule has 2 heterocycles. The van der Waals surface area contributed by atoms with Gasteiger partial charge in [-0.05, 0) is 38.1 Å². The number of carbonyl (C=O) groups is 1. The van der Waals surface area contributed by atoms with Crippen molar-refractivity contribution in [2.24, 2.45) is 7.05 Å². The minimum atomic E-state index is 0.00904. The fourth-order valence-corrected chi connectivity index (χ4v) is 4.67. The normalized spacial score (nSPS) is 20.0. The molecular weight excluding hydrogens is 338 g/mol. The van der Waals surface area contributed by atoms with Crippen LogP contribution in [0.5, 0.6) is 0 Å². The molecule has 144 valence electrons. The van der Waals surface area contributed by atoms with Crippen LogP contribution in [0.2, 0.25) is 0 Å².